The van der Waals surface area contributed by atoms with Crippen LogP contribution in [0.5, 0.6) is 0 Å². The standard InChI is InChI=1S/C14H20FNO/c1-10(12-6-2-3-7-13(12)15)16-14-8-4-5-11(14)9-17/h2-3,6-7,10-11,14,16-17H,4-5,8-9H2,1H3/t10-,11+,14+/m0/s1. The summed E-state index contributed by atoms with van der Waals surface area (Å²) in [5.74, 6) is 0.162. The fourth-order valence-corrected chi connectivity index (χ4v) is 2.71. The van der Waals surface area contributed by atoms with Gasteiger partial charge >= 0.3 is 0 Å². The summed E-state index contributed by atoms with van der Waals surface area (Å²) in [7, 11) is 0. The molecule has 1 aliphatic carbocycles. The number of hydrogen-bond donors (Lipinski definition) is 2. The molecule has 1 fully saturated rings. The maximum absolute atomic E-state index is 13.6. The first-order valence-corrected chi connectivity index (χ1v) is 6.33. The summed E-state index contributed by atoms with van der Waals surface area (Å²) in [5.41, 5.74) is 0.705. The molecule has 1 saturated carbocycles. The number of halogens is 1. The molecular weight excluding hydrogens is 217 g/mol. The minimum absolute atomic E-state index is 0.00616. The smallest absolute Gasteiger partial charge is 0.127 e. The summed E-state index contributed by atoms with van der Waals surface area (Å²) in [6.45, 7) is 2.20. The second-order valence-corrected chi connectivity index (χ2v) is 4.89. The van der Waals surface area contributed by atoms with E-state index >= 15 is 0 Å². The first-order valence-electron chi connectivity index (χ1n) is 6.33. The molecule has 0 unspecified atom stereocenters. The molecule has 0 spiro atoms. The van der Waals surface area contributed by atoms with E-state index in [1.165, 1.54) is 6.07 Å². The van der Waals surface area contributed by atoms with Crippen molar-refractivity contribution in [2.24, 2.45) is 5.92 Å². The zero-order chi connectivity index (χ0) is 12.3. The first-order chi connectivity index (χ1) is 8.22. The van der Waals surface area contributed by atoms with Gasteiger partial charge in [0.1, 0.15) is 5.82 Å². The summed E-state index contributed by atoms with van der Waals surface area (Å²) in [6, 6.07) is 7.18. The van der Waals surface area contributed by atoms with Crippen molar-refractivity contribution in [3.63, 3.8) is 0 Å². The summed E-state index contributed by atoms with van der Waals surface area (Å²) < 4.78 is 13.6. The van der Waals surface area contributed by atoms with Crippen molar-refractivity contribution >= 4 is 0 Å². The lowest BCUT2D eigenvalue weighted by molar-refractivity contribution is 0.200. The highest BCUT2D eigenvalue weighted by molar-refractivity contribution is 5.20. The van der Waals surface area contributed by atoms with Gasteiger partial charge in [-0.15, -0.1) is 0 Å². The van der Waals surface area contributed by atoms with E-state index in [0.29, 0.717) is 17.5 Å². The van der Waals surface area contributed by atoms with Gasteiger partial charge in [-0.1, -0.05) is 24.6 Å². The molecule has 0 amide bonds. The molecule has 1 aromatic carbocycles. The van der Waals surface area contributed by atoms with Crippen LogP contribution in [-0.4, -0.2) is 17.8 Å². The Bertz CT molecular complexity index is 369. The average Bonchev–Trinajstić information content (AvgIpc) is 2.76. The topological polar surface area (TPSA) is 32.3 Å². The van der Waals surface area contributed by atoms with Gasteiger partial charge < -0.3 is 10.4 Å². The molecule has 1 aliphatic rings. The number of nitrogens with one attached hydrogen (secondary N) is 1. The fraction of sp³-hybridized carbons (Fsp3) is 0.571. The van der Waals surface area contributed by atoms with Crippen LogP contribution >= 0.6 is 0 Å². The monoisotopic (exact) mass is 237 g/mol. The molecule has 0 heterocycles. The van der Waals surface area contributed by atoms with Crippen molar-refractivity contribution in [3.8, 4) is 0 Å². The molecule has 3 atom stereocenters. The molecule has 0 saturated heterocycles. The van der Waals surface area contributed by atoms with Crippen LogP contribution in [0.2, 0.25) is 0 Å². The number of aliphatic hydroxyl groups is 1. The summed E-state index contributed by atoms with van der Waals surface area (Å²) in [5, 5.41) is 12.7. The number of rotatable bonds is 4. The molecule has 2 nitrogen and oxygen atoms in total. The maximum Gasteiger partial charge on any atom is 0.127 e. The Balaban J connectivity index is 2.01. The minimum atomic E-state index is -0.161. The zero-order valence-corrected chi connectivity index (χ0v) is 10.2. The Labute approximate surface area is 102 Å². The van der Waals surface area contributed by atoms with Crippen molar-refractivity contribution in [1.29, 1.82) is 0 Å². The molecule has 1 aromatic rings. The molecule has 0 aliphatic heterocycles. The van der Waals surface area contributed by atoms with E-state index in [-0.39, 0.29) is 18.5 Å². The number of aliphatic hydroxyl groups excluding tert-OH is 1. The molecule has 0 radical (unpaired) electrons. The Hall–Kier alpha value is -0.930. The van der Waals surface area contributed by atoms with Gasteiger partial charge in [0.2, 0.25) is 0 Å². The second kappa shape index (κ2) is 5.61. The third kappa shape index (κ3) is 2.85. The number of benzene rings is 1. The van der Waals surface area contributed by atoms with Crippen LogP contribution in [0.25, 0.3) is 0 Å². The summed E-state index contributed by atoms with van der Waals surface area (Å²) >= 11 is 0. The van der Waals surface area contributed by atoms with Gasteiger partial charge in [-0.05, 0) is 31.7 Å². The van der Waals surface area contributed by atoms with Gasteiger partial charge in [-0.2, -0.15) is 0 Å². The average molecular weight is 237 g/mol. The highest BCUT2D eigenvalue weighted by atomic mass is 19.1. The lowest BCUT2D eigenvalue weighted by Gasteiger charge is -2.24. The molecule has 94 valence electrons. The van der Waals surface area contributed by atoms with Crippen molar-refractivity contribution < 1.29 is 9.50 Å². The Morgan fingerprint density at radius 1 is 1.41 bits per heavy atom. The molecule has 17 heavy (non-hydrogen) atoms. The van der Waals surface area contributed by atoms with E-state index in [1.54, 1.807) is 6.07 Å². The first kappa shape index (κ1) is 12.5. The van der Waals surface area contributed by atoms with Crippen molar-refractivity contribution in [2.75, 3.05) is 6.61 Å². The van der Waals surface area contributed by atoms with Crippen LogP contribution in [0.3, 0.4) is 0 Å². The molecule has 2 N–H and O–H groups in total. The highest BCUT2D eigenvalue weighted by Crippen LogP contribution is 2.28. The Morgan fingerprint density at radius 2 is 2.18 bits per heavy atom. The van der Waals surface area contributed by atoms with E-state index in [4.69, 9.17) is 0 Å². The van der Waals surface area contributed by atoms with Gasteiger partial charge in [-0.25, -0.2) is 4.39 Å². The van der Waals surface area contributed by atoms with Crippen LogP contribution in [0, 0.1) is 11.7 Å². The summed E-state index contributed by atoms with van der Waals surface area (Å²) in [4.78, 5) is 0. The third-order valence-corrected chi connectivity index (χ3v) is 3.73. The highest BCUT2D eigenvalue weighted by Gasteiger charge is 2.28. The summed E-state index contributed by atoms with van der Waals surface area (Å²) in [6.07, 6.45) is 3.29. The quantitative estimate of drug-likeness (QED) is 0.843. The van der Waals surface area contributed by atoms with Crippen LogP contribution < -0.4 is 5.32 Å². The largest absolute Gasteiger partial charge is 0.396 e. The minimum Gasteiger partial charge on any atom is -0.396 e. The molecule has 2 rings (SSSR count). The van der Waals surface area contributed by atoms with Gasteiger partial charge in [0, 0.05) is 24.3 Å². The van der Waals surface area contributed by atoms with Crippen LogP contribution in [0.15, 0.2) is 24.3 Å². The second-order valence-electron chi connectivity index (χ2n) is 4.89. The lowest BCUT2D eigenvalue weighted by Crippen LogP contribution is -2.36. The van der Waals surface area contributed by atoms with Crippen molar-refractivity contribution in [1.82, 2.24) is 5.32 Å². The third-order valence-electron chi connectivity index (χ3n) is 3.73. The Kier molecular flexibility index (Phi) is 4.13. The molecule has 0 aromatic heterocycles. The molecule has 3 heteroatoms. The van der Waals surface area contributed by atoms with Crippen LogP contribution in [0.1, 0.15) is 37.8 Å². The van der Waals surface area contributed by atoms with E-state index in [1.807, 2.05) is 19.1 Å². The van der Waals surface area contributed by atoms with E-state index in [0.717, 1.165) is 19.3 Å². The SMILES string of the molecule is C[C@H](N[C@@H]1CCC[C@@H]1CO)c1ccccc1F. The van der Waals surface area contributed by atoms with Crippen molar-refractivity contribution in [3.05, 3.63) is 35.6 Å². The Morgan fingerprint density at radius 3 is 2.88 bits per heavy atom. The fourth-order valence-electron chi connectivity index (χ4n) is 2.71. The zero-order valence-electron chi connectivity index (χ0n) is 10.2. The predicted octanol–water partition coefficient (Wildman–Crippen LogP) is 2.64. The maximum atomic E-state index is 13.6. The van der Waals surface area contributed by atoms with Gasteiger partial charge in [0.25, 0.3) is 0 Å². The van der Waals surface area contributed by atoms with Gasteiger partial charge in [0.05, 0.1) is 0 Å². The lowest BCUT2D eigenvalue weighted by atomic mass is 10.0. The van der Waals surface area contributed by atoms with Gasteiger partial charge in [0.15, 0.2) is 0 Å². The predicted molar refractivity (Wildman–Crippen MR) is 66.2 cm³/mol. The van der Waals surface area contributed by atoms with Crippen LogP contribution in [-0.2, 0) is 0 Å². The molecular formula is C14H20FNO. The van der Waals surface area contributed by atoms with E-state index < -0.39 is 0 Å². The normalized spacial score (nSPS) is 26.1. The van der Waals surface area contributed by atoms with Crippen molar-refractivity contribution in [2.45, 2.75) is 38.3 Å². The van der Waals surface area contributed by atoms with Gasteiger partial charge in [-0.3, -0.25) is 0 Å². The van der Waals surface area contributed by atoms with Crippen LogP contribution in [0.4, 0.5) is 4.39 Å². The molecule has 0 bridgehead atoms. The number of hydrogen-bond acceptors (Lipinski definition) is 2. The van der Waals surface area contributed by atoms with E-state index in [2.05, 4.69) is 5.32 Å². The van der Waals surface area contributed by atoms with E-state index in [9.17, 15) is 9.50 Å².